The molecule has 1 aromatic rings. The Kier molecular flexibility index (Phi) is 3.93. The van der Waals surface area contributed by atoms with Crippen molar-refractivity contribution in [3.63, 3.8) is 0 Å². The maximum Gasteiger partial charge on any atom is 0.163 e. The van der Waals surface area contributed by atoms with E-state index in [4.69, 9.17) is 0 Å². The SMILES string of the molecule is CC(=O)C1=C(O)CCCC1c1ccc(O)c(C(C)=O)c1. The standard InChI is InChI=1S/C16H18O4/c1-9(17)13-8-11(6-7-14(13)19)12-4-3-5-15(20)16(12)10(2)18/h6-8,12,19-20H,3-5H2,1-2H3. The van der Waals surface area contributed by atoms with Crippen molar-refractivity contribution in [3.05, 3.63) is 40.7 Å². The average molecular weight is 274 g/mol. The maximum absolute atomic E-state index is 11.7. The number of carbonyl (C=O) groups is 2. The zero-order valence-corrected chi connectivity index (χ0v) is 11.6. The molecule has 106 valence electrons. The van der Waals surface area contributed by atoms with Crippen LogP contribution in [0.5, 0.6) is 5.75 Å². The van der Waals surface area contributed by atoms with Gasteiger partial charge in [0.2, 0.25) is 0 Å². The zero-order chi connectivity index (χ0) is 14.9. The fourth-order valence-corrected chi connectivity index (χ4v) is 2.79. The normalized spacial score (nSPS) is 19.0. The number of hydrogen-bond donors (Lipinski definition) is 2. The number of phenols is 1. The van der Waals surface area contributed by atoms with Gasteiger partial charge in [-0.15, -0.1) is 0 Å². The first-order valence-electron chi connectivity index (χ1n) is 6.68. The van der Waals surface area contributed by atoms with E-state index in [-0.39, 0.29) is 34.6 Å². The summed E-state index contributed by atoms with van der Waals surface area (Å²) in [5.41, 5.74) is 1.45. The summed E-state index contributed by atoms with van der Waals surface area (Å²) in [7, 11) is 0. The van der Waals surface area contributed by atoms with Gasteiger partial charge in [-0.2, -0.15) is 0 Å². The lowest BCUT2D eigenvalue weighted by Crippen LogP contribution is -2.17. The molecule has 2 N–H and O–H groups in total. The van der Waals surface area contributed by atoms with Gasteiger partial charge in [0, 0.05) is 17.9 Å². The number of aliphatic hydroxyl groups excluding tert-OH is 1. The Labute approximate surface area is 117 Å². The van der Waals surface area contributed by atoms with Gasteiger partial charge in [-0.05, 0) is 44.4 Å². The van der Waals surface area contributed by atoms with Gasteiger partial charge < -0.3 is 10.2 Å². The molecule has 4 heteroatoms. The van der Waals surface area contributed by atoms with Crippen molar-refractivity contribution in [2.75, 3.05) is 0 Å². The second-order valence-corrected chi connectivity index (χ2v) is 5.19. The van der Waals surface area contributed by atoms with Crippen LogP contribution in [0.4, 0.5) is 0 Å². The van der Waals surface area contributed by atoms with Crippen LogP contribution in [-0.2, 0) is 4.79 Å². The summed E-state index contributed by atoms with van der Waals surface area (Å²) in [5, 5.41) is 19.6. The Morgan fingerprint density at radius 2 is 1.85 bits per heavy atom. The molecule has 0 saturated carbocycles. The Bertz CT molecular complexity index is 598. The molecule has 0 heterocycles. The molecule has 4 nitrogen and oxygen atoms in total. The Balaban J connectivity index is 2.50. The van der Waals surface area contributed by atoms with Crippen LogP contribution >= 0.6 is 0 Å². The largest absolute Gasteiger partial charge is 0.512 e. The van der Waals surface area contributed by atoms with Gasteiger partial charge in [-0.25, -0.2) is 0 Å². The Hall–Kier alpha value is -2.10. The van der Waals surface area contributed by atoms with E-state index >= 15 is 0 Å². The first-order valence-corrected chi connectivity index (χ1v) is 6.68. The number of hydrogen-bond acceptors (Lipinski definition) is 4. The van der Waals surface area contributed by atoms with E-state index < -0.39 is 0 Å². The molecular formula is C16H18O4. The van der Waals surface area contributed by atoms with Crippen LogP contribution in [0.1, 0.15) is 54.9 Å². The van der Waals surface area contributed by atoms with Gasteiger partial charge in [-0.1, -0.05) is 6.07 Å². The molecule has 0 fully saturated rings. The monoisotopic (exact) mass is 274 g/mol. The van der Waals surface area contributed by atoms with Gasteiger partial charge in [0.25, 0.3) is 0 Å². The van der Waals surface area contributed by atoms with E-state index in [0.29, 0.717) is 12.0 Å². The van der Waals surface area contributed by atoms with Gasteiger partial charge in [0.1, 0.15) is 5.75 Å². The van der Waals surface area contributed by atoms with Crippen molar-refractivity contribution < 1.29 is 19.8 Å². The Morgan fingerprint density at radius 1 is 1.15 bits per heavy atom. The van der Waals surface area contributed by atoms with Gasteiger partial charge in [-0.3, -0.25) is 9.59 Å². The summed E-state index contributed by atoms with van der Waals surface area (Å²) < 4.78 is 0. The predicted molar refractivity (Wildman–Crippen MR) is 75.0 cm³/mol. The quantitative estimate of drug-likeness (QED) is 0.829. The topological polar surface area (TPSA) is 74.6 Å². The van der Waals surface area contributed by atoms with E-state index in [1.807, 2.05) is 0 Å². The van der Waals surface area contributed by atoms with E-state index in [9.17, 15) is 19.8 Å². The third-order valence-electron chi connectivity index (χ3n) is 3.75. The van der Waals surface area contributed by atoms with E-state index in [2.05, 4.69) is 0 Å². The van der Waals surface area contributed by atoms with Crippen molar-refractivity contribution >= 4 is 11.6 Å². The van der Waals surface area contributed by atoms with Crippen molar-refractivity contribution in [3.8, 4) is 5.75 Å². The third kappa shape index (κ3) is 2.59. The number of Topliss-reactive ketones (excluding diaryl/α,β-unsaturated/α-hetero) is 2. The van der Waals surface area contributed by atoms with Gasteiger partial charge in [0.05, 0.1) is 11.3 Å². The van der Waals surface area contributed by atoms with Crippen molar-refractivity contribution in [2.24, 2.45) is 0 Å². The second-order valence-electron chi connectivity index (χ2n) is 5.19. The summed E-state index contributed by atoms with van der Waals surface area (Å²) >= 11 is 0. The number of allylic oxidation sites excluding steroid dienone is 2. The lowest BCUT2D eigenvalue weighted by Gasteiger charge is -2.25. The molecule has 0 aliphatic heterocycles. The first-order chi connectivity index (χ1) is 9.41. The van der Waals surface area contributed by atoms with Crippen LogP contribution in [-0.4, -0.2) is 21.8 Å². The maximum atomic E-state index is 11.7. The molecule has 0 saturated heterocycles. The highest BCUT2D eigenvalue weighted by atomic mass is 16.3. The lowest BCUT2D eigenvalue weighted by molar-refractivity contribution is -0.114. The molecule has 1 aromatic carbocycles. The minimum absolute atomic E-state index is 0.0605. The molecule has 2 rings (SSSR count). The predicted octanol–water partition coefficient (Wildman–Crippen LogP) is 3.26. The van der Waals surface area contributed by atoms with Gasteiger partial charge >= 0.3 is 0 Å². The summed E-state index contributed by atoms with van der Waals surface area (Å²) in [5.74, 6) is -0.497. The smallest absolute Gasteiger partial charge is 0.163 e. The molecule has 0 radical (unpaired) electrons. The highest BCUT2D eigenvalue weighted by molar-refractivity contribution is 5.98. The van der Waals surface area contributed by atoms with Gasteiger partial charge in [0.15, 0.2) is 11.6 Å². The lowest BCUT2D eigenvalue weighted by atomic mass is 9.79. The van der Waals surface area contributed by atoms with E-state index in [1.165, 1.54) is 19.9 Å². The number of aliphatic hydroxyl groups is 1. The van der Waals surface area contributed by atoms with Crippen molar-refractivity contribution in [1.29, 1.82) is 0 Å². The van der Waals surface area contributed by atoms with Crippen LogP contribution in [0.25, 0.3) is 0 Å². The fourth-order valence-electron chi connectivity index (χ4n) is 2.79. The van der Waals surface area contributed by atoms with Crippen LogP contribution in [0.2, 0.25) is 0 Å². The van der Waals surface area contributed by atoms with Crippen LogP contribution < -0.4 is 0 Å². The molecule has 0 bridgehead atoms. The summed E-state index contributed by atoms with van der Waals surface area (Å²) in [6.45, 7) is 2.83. The van der Waals surface area contributed by atoms with Crippen LogP contribution in [0.3, 0.4) is 0 Å². The second kappa shape index (κ2) is 5.49. The molecule has 1 aliphatic rings. The van der Waals surface area contributed by atoms with Crippen LogP contribution in [0.15, 0.2) is 29.5 Å². The molecular weight excluding hydrogens is 256 g/mol. The highest BCUT2D eigenvalue weighted by Gasteiger charge is 2.28. The first kappa shape index (κ1) is 14.3. The molecule has 1 aliphatic carbocycles. The summed E-state index contributed by atoms with van der Waals surface area (Å²) in [4.78, 5) is 23.2. The summed E-state index contributed by atoms with van der Waals surface area (Å²) in [6, 6.07) is 4.79. The van der Waals surface area contributed by atoms with Crippen molar-refractivity contribution in [1.82, 2.24) is 0 Å². The zero-order valence-electron chi connectivity index (χ0n) is 11.6. The molecule has 0 spiro atoms. The van der Waals surface area contributed by atoms with E-state index in [0.717, 1.165) is 18.4 Å². The number of phenolic OH excluding ortho intramolecular Hbond substituents is 1. The Morgan fingerprint density at radius 3 is 2.45 bits per heavy atom. The van der Waals surface area contributed by atoms with Crippen LogP contribution in [0, 0.1) is 0 Å². The molecule has 20 heavy (non-hydrogen) atoms. The number of benzene rings is 1. The number of carbonyl (C=O) groups excluding carboxylic acids is 2. The molecule has 1 unspecified atom stereocenters. The molecule has 1 atom stereocenters. The highest BCUT2D eigenvalue weighted by Crippen LogP contribution is 2.38. The number of ketones is 2. The molecule has 0 aromatic heterocycles. The minimum atomic E-state index is -0.224. The number of rotatable bonds is 3. The number of aromatic hydroxyl groups is 1. The van der Waals surface area contributed by atoms with Crippen molar-refractivity contribution in [2.45, 2.75) is 39.0 Å². The third-order valence-corrected chi connectivity index (χ3v) is 3.75. The average Bonchev–Trinajstić information content (AvgIpc) is 2.38. The summed E-state index contributed by atoms with van der Waals surface area (Å²) in [6.07, 6.45) is 2.06. The minimum Gasteiger partial charge on any atom is -0.512 e. The molecule has 0 amide bonds. The van der Waals surface area contributed by atoms with E-state index in [1.54, 1.807) is 12.1 Å². The fraction of sp³-hybridized carbons (Fsp3) is 0.375.